The van der Waals surface area contributed by atoms with E-state index in [-0.39, 0.29) is 11.4 Å². The average molecular weight is 348 g/mol. The summed E-state index contributed by atoms with van der Waals surface area (Å²) in [5, 5.41) is 4.41. The number of nitrogens with zero attached hydrogens (tertiary/aromatic N) is 2. The molecule has 3 heterocycles. The van der Waals surface area contributed by atoms with Gasteiger partial charge in [-0.2, -0.15) is 0 Å². The lowest BCUT2D eigenvalue weighted by Gasteiger charge is -2.27. The Bertz CT molecular complexity index is 948. The summed E-state index contributed by atoms with van der Waals surface area (Å²) in [6.45, 7) is 5.91. The van der Waals surface area contributed by atoms with Gasteiger partial charge in [0.1, 0.15) is 0 Å². The average Bonchev–Trinajstić information content (AvgIpc) is 3.21. The molecule has 2 aromatic heterocycles. The van der Waals surface area contributed by atoms with Gasteiger partial charge in [0, 0.05) is 31.0 Å². The number of H-pyrrole nitrogens is 1. The minimum absolute atomic E-state index is 0.0719. The van der Waals surface area contributed by atoms with E-state index in [0.29, 0.717) is 6.42 Å². The third-order valence-electron chi connectivity index (χ3n) is 5.12. The molecule has 0 bridgehead atoms. The van der Waals surface area contributed by atoms with Crippen molar-refractivity contribution in [3.63, 3.8) is 0 Å². The molecular formula is C21H24N4O. The zero-order valence-electron chi connectivity index (χ0n) is 15.2. The standard InChI is InChI=1S/C21H24N4O/c1-15-9-18(13-22-12-15)25-8-6-21(2,14-25)24-20(26)11-16-3-4-17-5-7-23-19(17)10-16/h3-5,7,9-10,12-13,23H,6,8,11,14H2,1-2H3,(H,24,26). The fraction of sp³-hybridized carbons (Fsp3) is 0.333. The maximum absolute atomic E-state index is 12.6. The van der Waals surface area contributed by atoms with Gasteiger partial charge in [0.2, 0.25) is 5.91 Å². The number of nitrogens with one attached hydrogen (secondary N) is 2. The summed E-state index contributed by atoms with van der Waals surface area (Å²) in [5.41, 5.74) is 4.16. The van der Waals surface area contributed by atoms with Crippen LogP contribution in [0.2, 0.25) is 0 Å². The van der Waals surface area contributed by atoms with Crippen LogP contribution in [0.3, 0.4) is 0 Å². The Morgan fingerprint density at radius 3 is 3.04 bits per heavy atom. The molecule has 1 aliphatic heterocycles. The molecule has 1 amide bonds. The van der Waals surface area contributed by atoms with Crippen molar-refractivity contribution in [2.45, 2.75) is 32.2 Å². The van der Waals surface area contributed by atoms with Gasteiger partial charge in [-0.15, -0.1) is 0 Å². The first kappa shape index (κ1) is 16.6. The largest absolute Gasteiger partial charge is 0.368 e. The number of carbonyl (C=O) groups excluding carboxylic acids is 1. The minimum atomic E-state index is -0.211. The second kappa shape index (κ2) is 6.48. The second-order valence-electron chi connectivity index (χ2n) is 7.58. The van der Waals surface area contributed by atoms with E-state index in [1.807, 2.05) is 30.7 Å². The first-order valence-corrected chi connectivity index (χ1v) is 9.04. The summed E-state index contributed by atoms with van der Waals surface area (Å²) in [5.74, 6) is 0.0719. The predicted octanol–water partition coefficient (Wildman–Crippen LogP) is 3.20. The van der Waals surface area contributed by atoms with Crippen molar-refractivity contribution in [3.05, 3.63) is 60.0 Å². The number of fused-ring (bicyclic) bond motifs is 1. The number of anilines is 1. The second-order valence-corrected chi connectivity index (χ2v) is 7.58. The highest BCUT2D eigenvalue weighted by atomic mass is 16.1. The van der Waals surface area contributed by atoms with E-state index in [1.54, 1.807) is 0 Å². The molecule has 134 valence electrons. The molecule has 26 heavy (non-hydrogen) atoms. The fourth-order valence-corrected chi connectivity index (χ4v) is 3.77. The number of rotatable bonds is 4. The van der Waals surface area contributed by atoms with E-state index in [4.69, 9.17) is 0 Å². The Balaban J connectivity index is 1.40. The van der Waals surface area contributed by atoms with Gasteiger partial charge >= 0.3 is 0 Å². The van der Waals surface area contributed by atoms with E-state index in [0.717, 1.165) is 41.8 Å². The Morgan fingerprint density at radius 1 is 1.31 bits per heavy atom. The van der Waals surface area contributed by atoms with Crippen molar-refractivity contribution < 1.29 is 4.79 Å². The van der Waals surface area contributed by atoms with Crippen molar-refractivity contribution in [2.24, 2.45) is 0 Å². The molecule has 1 fully saturated rings. The molecule has 5 nitrogen and oxygen atoms in total. The quantitative estimate of drug-likeness (QED) is 0.761. The number of aromatic nitrogens is 2. The van der Waals surface area contributed by atoms with Gasteiger partial charge in [-0.05, 0) is 55.0 Å². The fourth-order valence-electron chi connectivity index (χ4n) is 3.77. The highest BCUT2D eigenvalue weighted by molar-refractivity contribution is 5.83. The van der Waals surface area contributed by atoms with Gasteiger partial charge in [-0.1, -0.05) is 12.1 Å². The maximum atomic E-state index is 12.6. The summed E-state index contributed by atoms with van der Waals surface area (Å²) in [7, 11) is 0. The molecule has 1 saturated heterocycles. The van der Waals surface area contributed by atoms with Crippen LogP contribution < -0.4 is 10.2 Å². The summed E-state index contributed by atoms with van der Waals surface area (Å²) >= 11 is 0. The summed E-state index contributed by atoms with van der Waals surface area (Å²) in [6, 6.07) is 10.3. The SMILES string of the molecule is Cc1cncc(N2CCC(C)(NC(=O)Cc3ccc4cc[nH]c4c3)C2)c1. The van der Waals surface area contributed by atoms with Crippen LogP contribution in [0.25, 0.3) is 10.9 Å². The van der Waals surface area contributed by atoms with Crippen LogP contribution >= 0.6 is 0 Å². The number of aromatic amines is 1. The lowest BCUT2D eigenvalue weighted by atomic mass is 10.0. The van der Waals surface area contributed by atoms with Crippen molar-refractivity contribution in [3.8, 4) is 0 Å². The van der Waals surface area contributed by atoms with E-state index >= 15 is 0 Å². The van der Waals surface area contributed by atoms with Crippen LogP contribution in [0, 0.1) is 6.92 Å². The number of hydrogen-bond acceptors (Lipinski definition) is 3. The molecule has 0 aliphatic carbocycles. The molecule has 1 unspecified atom stereocenters. The summed E-state index contributed by atoms with van der Waals surface area (Å²) in [6.07, 6.45) is 7.01. The Kier molecular flexibility index (Phi) is 4.15. The number of pyridine rings is 1. The molecule has 0 radical (unpaired) electrons. The van der Waals surface area contributed by atoms with E-state index in [2.05, 4.69) is 52.2 Å². The van der Waals surface area contributed by atoms with Crippen molar-refractivity contribution in [2.75, 3.05) is 18.0 Å². The third kappa shape index (κ3) is 3.43. The van der Waals surface area contributed by atoms with Crippen LogP contribution in [-0.2, 0) is 11.2 Å². The zero-order chi connectivity index (χ0) is 18.1. The lowest BCUT2D eigenvalue weighted by Crippen LogP contribution is -2.48. The molecule has 0 saturated carbocycles. The maximum Gasteiger partial charge on any atom is 0.224 e. The van der Waals surface area contributed by atoms with Gasteiger partial charge in [-0.25, -0.2) is 0 Å². The number of amides is 1. The Morgan fingerprint density at radius 2 is 2.19 bits per heavy atom. The summed E-state index contributed by atoms with van der Waals surface area (Å²) < 4.78 is 0. The van der Waals surface area contributed by atoms with Gasteiger partial charge in [0.15, 0.2) is 0 Å². The lowest BCUT2D eigenvalue weighted by molar-refractivity contribution is -0.122. The van der Waals surface area contributed by atoms with Gasteiger partial charge in [-0.3, -0.25) is 9.78 Å². The van der Waals surface area contributed by atoms with Crippen molar-refractivity contribution in [1.82, 2.24) is 15.3 Å². The molecule has 1 aliphatic rings. The molecule has 1 aromatic carbocycles. The molecule has 2 N–H and O–H groups in total. The van der Waals surface area contributed by atoms with Crippen molar-refractivity contribution in [1.29, 1.82) is 0 Å². The molecule has 5 heteroatoms. The molecule has 1 atom stereocenters. The smallest absolute Gasteiger partial charge is 0.224 e. The number of carbonyl (C=O) groups is 1. The Labute approximate surface area is 153 Å². The predicted molar refractivity (Wildman–Crippen MR) is 104 cm³/mol. The first-order valence-electron chi connectivity index (χ1n) is 9.04. The van der Waals surface area contributed by atoms with Crippen LogP contribution in [0.15, 0.2) is 48.9 Å². The number of aryl methyl sites for hydroxylation is 1. The first-order chi connectivity index (χ1) is 12.5. The zero-order valence-corrected chi connectivity index (χ0v) is 15.2. The minimum Gasteiger partial charge on any atom is -0.368 e. The van der Waals surface area contributed by atoms with Gasteiger partial charge in [0.25, 0.3) is 0 Å². The molecular weight excluding hydrogens is 324 g/mol. The molecule has 0 spiro atoms. The number of benzene rings is 1. The Hall–Kier alpha value is -2.82. The van der Waals surface area contributed by atoms with Crippen LogP contribution in [-0.4, -0.2) is 34.5 Å². The van der Waals surface area contributed by atoms with Crippen molar-refractivity contribution >= 4 is 22.5 Å². The monoisotopic (exact) mass is 348 g/mol. The normalized spacial score (nSPS) is 19.8. The third-order valence-corrected chi connectivity index (χ3v) is 5.12. The number of hydrogen-bond donors (Lipinski definition) is 2. The van der Waals surface area contributed by atoms with Gasteiger partial charge < -0.3 is 15.2 Å². The van der Waals surface area contributed by atoms with Crippen LogP contribution in [0.5, 0.6) is 0 Å². The summed E-state index contributed by atoms with van der Waals surface area (Å²) in [4.78, 5) is 22.4. The molecule has 4 rings (SSSR count). The van der Waals surface area contributed by atoms with E-state index in [1.165, 1.54) is 5.39 Å². The highest BCUT2D eigenvalue weighted by Crippen LogP contribution is 2.26. The van der Waals surface area contributed by atoms with E-state index < -0.39 is 0 Å². The topological polar surface area (TPSA) is 61.0 Å². The molecule has 3 aromatic rings. The van der Waals surface area contributed by atoms with Crippen LogP contribution in [0.1, 0.15) is 24.5 Å². The van der Waals surface area contributed by atoms with Gasteiger partial charge in [0.05, 0.1) is 23.8 Å². The van der Waals surface area contributed by atoms with E-state index in [9.17, 15) is 4.79 Å². The highest BCUT2D eigenvalue weighted by Gasteiger charge is 2.35. The van der Waals surface area contributed by atoms with Crippen LogP contribution in [0.4, 0.5) is 5.69 Å².